The van der Waals surface area contributed by atoms with Crippen LogP contribution in [0.2, 0.25) is 0 Å². The highest BCUT2D eigenvalue weighted by Gasteiger charge is 2.29. The molecule has 1 heterocycles. The average Bonchev–Trinajstić information content (AvgIpc) is 2.34. The van der Waals surface area contributed by atoms with E-state index in [0.29, 0.717) is 5.75 Å². The van der Waals surface area contributed by atoms with Crippen molar-refractivity contribution in [3.05, 3.63) is 4.91 Å². The summed E-state index contributed by atoms with van der Waals surface area (Å²) in [5, 5.41) is 13.6. The Hall–Kier alpha value is -0.620. The number of hydrogen-bond acceptors (Lipinski definition) is 5. The summed E-state index contributed by atoms with van der Waals surface area (Å²) < 4.78 is 0. The van der Waals surface area contributed by atoms with Gasteiger partial charge in [-0.1, -0.05) is 0 Å². The van der Waals surface area contributed by atoms with Gasteiger partial charge >= 0.3 is 5.97 Å². The first kappa shape index (κ1) is 7.49. The summed E-state index contributed by atoms with van der Waals surface area (Å²) in [4.78, 5) is 20.1. The van der Waals surface area contributed by atoms with Gasteiger partial charge in [0.15, 0.2) is 5.50 Å². The van der Waals surface area contributed by atoms with Crippen molar-refractivity contribution in [2.75, 3.05) is 5.75 Å². The Labute approximate surface area is 61.2 Å². The quantitative estimate of drug-likeness (QED) is 0.551. The number of carboxylic acids is 1. The van der Waals surface area contributed by atoms with E-state index in [-0.39, 0.29) is 0 Å². The van der Waals surface area contributed by atoms with Crippen molar-refractivity contribution in [1.82, 2.24) is 5.32 Å². The van der Waals surface area contributed by atoms with Crippen LogP contribution in [-0.4, -0.2) is 28.4 Å². The highest BCUT2D eigenvalue weighted by molar-refractivity contribution is 8.00. The molecule has 1 aliphatic heterocycles. The van der Waals surface area contributed by atoms with Gasteiger partial charge in [-0.2, -0.15) is 0 Å². The maximum absolute atomic E-state index is 10.2. The van der Waals surface area contributed by atoms with Crippen LogP contribution < -0.4 is 5.32 Å². The van der Waals surface area contributed by atoms with E-state index in [1.807, 2.05) is 0 Å². The van der Waals surface area contributed by atoms with Gasteiger partial charge in [0.05, 0.1) is 0 Å². The molecule has 2 atom stereocenters. The number of nitroso groups, excluding NO2 is 1. The number of nitrogens with zero attached hydrogens (tertiary/aromatic N) is 1. The fraction of sp³-hybridized carbons (Fsp3) is 0.750. The van der Waals surface area contributed by atoms with Crippen LogP contribution in [0.25, 0.3) is 0 Å². The molecule has 0 saturated carbocycles. The zero-order chi connectivity index (χ0) is 7.56. The molecule has 10 heavy (non-hydrogen) atoms. The van der Waals surface area contributed by atoms with E-state index in [4.69, 9.17) is 5.11 Å². The first-order valence-electron chi connectivity index (χ1n) is 2.67. The lowest BCUT2D eigenvalue weighted by atomic mass is 10.3. The fourth-order valence-corrected chi connectivity index (χ4v) is 1.59. The third-order valence-corrected chi connectivity index (χ3v) is 2.22. The minimum absolute atomic E-state index is 0.408. The summed E-state index contributed by atoms with van der Waals surface area (Å²) in [6.07, 6.45) is 0. The van der Waals surface area contributed by atoms with Crippen molar-refractivity contribution in [3.8, 4) is 0 Å². The summed E-state index contributed by atoms with van der Waals surface area (Å²) in [6.45, 7) is 0. The third-order valence-electron chi connectivity index (χ3n) is 1.16. The molecule has 0 radical (unpaired) electrons. The number of aliphatic carboxylic acids is 1. The highest BCUT2D eigenvalue weighted by atomic mass is 32.2. The Morgan fingerprint density at radius 1 is 1.80 bits per heavy atom. The molecule has 0 aromatic carbocycles. The largest absolute Gasteiger partial charge is 0.480 e. The number of carboxylic acid groups (broad SMARTS) is 1. The minimum Gasteiger partial charge on any atom is -0.480 e. The van der Waals surface area contributed by atoms with Crippen molar-refractivity contribution in [1.29, 1.82) is 0 Å². The molecule has 6 heteroatoms. The molecule has 1 unspecified atom stereocenters. The number of thioether (sulfide) groups is 1. The summed E-state index contributed by atoms with van der Waals surface area (Å²) in [6, 6.07) is -0.618. The van der Waals surface area contributed by atoms with Crippen LogP contribution in [0.5, 0.6) is 0 Å². The van der Waals surface area contributed by atoms with Crippen molar-refractivity contribution >= 4 is 17.7 Å². The van der Waals surface area contributed by atoms with Crippen molar-refractivity contribution in [3.63, 3.8) is 0 Å². The van der Waals surface area contributed by atoms with Crippen molar-refractivity contribution in [2.45, 2.75) is 11.5 Å². The molecule has 0 amide bonds. The van der Waals surface area contributed by atoms with Crippen molar-refractivity contribution in [2.24, 2.45) is 5.18 Å². The monoisotopic (exact) mass is 162 g/mol. The molecule has 5 nitrogen and oxygen atoms in total. The Balaban J connectivity index is 2.42. The molecule has 1 fully saturated rings. The van der Waals surface area contributed by atoms with Gasteiger partial charge in [-0.3, -0.25) is 10.1 Å². The Kier molecular flexibility index (Phi) is 2.23. The molecule has 1 saturated heterocycles. The zero-order valence-corrected chi connectivity index (χ0v) is 5.80. The van der Waals surface area contributed by atoms with E-state index in [1.165, 1.54) is 11.8 Å². The fourth-order valence-electron chi connectivity index (χ4n) is 0.659. The Bertz CT molecular complexity index is 163. The molecule has 0 aromatic heterocycles. The molecule has 56 valence electrons. The van der Waals surface area contributed by atoms with Crippen molar-refractivity contribution < 1.29 is 9.90 Å². The molecule has 2 N–H and O–H groups in total. The molecule has 0 bridgehead atoms. The Morgan fingerprint density at radius 2 is 2.50 bits per heavy atom. The standard InChI is InChI=1S/C4H6N2O3S/c7-3(8)2-1-10-4(5-2)6-9/h2,4-5H,1H2,(H,7,8)/t2-,4?/m0/s1. The van der Waals surface area contributed by atoms with Gasteiger partial charge in [-0.05, 0) is 5.18 Å². The molecule has 0 aromatic rings. The average molecular weight is 162 g/mol. The van der Waals surface area contributed by atoms with E-state index in [0.717, 1.165) is 0 Å². The third kappa shape index (κ3) is 1.45. The maximum Gasteiger partial charge on any atom is 0.321 e. The minimum atomic E-state index is -0.932. The number of nitrogens with one attached hydrogen (secondary N) is 1. The van der Waals surface area contributed by atoms with Gasteiger partial charge in [0, 0.05) is 5.75 Å². The van der Waals surface area contributed by atoms with E-state index in [2.05, 4.69) is 10.5 Å². The van der Waals surface area contributed by atoms with Crippen LogP contribution in [-0.2, 0) is 4.79 Å². The summed E-state index contributed by atoms with van der Waals surface area (Å²) >= 11 is 1.21. The van der Waals surface area contributed by atoms with E-state index >= 15 is 0 Å². The number of rotatable bonds is 2. The van der Waals surface area contributed by atoms with Gasteiger partial charge < -0.3 is 5.11 Å². The van der Waals surface area contributed by atoms with E-state index in [1.54, 1.807) is 0 Å². The van der Waals surface area contributed by atoms with Gasteiger partial charge in [-0.25, -0.2) is 0 Å². The normalized spacial score (nSPS) is 32.0. The van der Waals surface area contributed by atoms with Crippen LogP contribution in [0, 0.1) is 4.91 Å². The van der Waals surface area contributed by atoms with Crippen LogP contribution >= 0.6 is 11.8 Å². The van der Waals surface area contributed by atoms with Gasteiger partial charge in [0.1, 0.15) is 6.04 Å². The lowest BCUT2D eigenvalue weighted by molar-refractivity contribution is -0.138. The second kappa shape index (κ2) is 2.98. The van der Waals surface area contributed by atoms with Crippen LogP contribution in [0.4, 0.5) is 0 Å². The SMILES string of the molecule is O=NC1N[C@H](C(=O)O)CS1. The molecule has 1 rings (SSSR count). The topological polar surface area (TPSA) is 78.8 Å². The number of carbonyl (C=O) groups is 1. The predicted octanol–water partition coefficient (Wildman–Crippen LogP) is -0.174. The second-order valence-corrected chi connectivity index (χ2v) is 2.96. The van der Waals surface area contributed by atoms with Crippen LogP contribution in [0.15, 0.2) is 5.18 Å². The highest BCUT2D eigenvalue weighted by Crippen LogP contribution is 2.18. The Morgan fingerprint density at radius 3 is 2.80 bits per heavy atom. The second-order valence-electron chi connectivity index (χ2n) is 1.85. The lowest BCUT2D eigenvalue weighted by Crippen LogP contribution is -2.35. The summed E-state index contributed by atoms with van der Waals surface area (Å²) in [5.41, 5.74) is -0.582. The molecular formula is C4H6N2O3S. The molecule has 0 aliphatic carbocycles. The van der Waals surface area contributed by atoms with Gasteiger partial charge in [-0.15, -0.1) is 16.7 Å². The van der Waals surface area contributed by atoms with E-state index in [9.17, 15) is 9.70 Å². The zero-order valence-electron chi connectivity index (χ0n) is 4.98. The van der Waals surface area contributed by atoms with E-state index < -0.39 is 17.5 Å². The smallest absolute Gasteiger partial charge is 0.321 e. The molecule has 0 spiro atoms. The number of hydrogen-bond donors (Lipinski definition) is 2. The maximum atomic E-state index is 10.2. The van der Waals surface area contributed by atoms with Gasteiger partial charge in [0.2, 0.25) is 0 Å². The first-order valence-corrected chi connectivity index (χ1v) is 3.72. The van der Waals surface area contributed by atoms with Crippen LogP contribution in [0.3, 0.4) is 0 Å². The van der Waals surface area contributed by atoms with Gasteiger partial charge in [0.25, 0.3) is 0 Å². The van der Waals surface area contributed by atoms with Crippen LogP contribution in [0.1, 0.15) is 0 Å². The molecular weight excluding hydrogens is 156 g/mol. The molecule has 1 aliphatic rings. The summed E-state index contributed by atoms with van der Waals surface area (Å²) in [7, 11) is 0. The summed E-state index contributed by atoms with van der Waals surface area (Å²) in [5.74, 6) is -0.523. The lowest BCUT2D eigenvalue weighted by Gasteiger charge is -2.00. The first-order chi connectivity index (χ1) is 4.74. The predicted molar refractivity (Wildman–Crippen MR) is 36.6 cm³/mol.